The lowest BCUT2D eigenvalue weighted by Gasteiger charge is -2.15. The molecule has 0 aliphatic heterocycles. The highest BCUT2D eigenvalue weighted by atomic mass is 16.5. The molecule has 21 heavy (non-hydrogen) atoms. The first-order chi connectivity index (χ1) is 10.1. The first-order valence-corrected chi connectivity index (χ1v) is 6.77. The van der Waals surface area contributed by atoms with Crippen molar-refractivity contribution in [2.45, 2.75) is 26.5 Å². The number of anilines is 1. The standard InChI is InChI=1S/C16H19N3O2/c1-11-6-7-15(10-18-11)21-12(2)16(20)19-14-5-3-4-13(8-14)9-17/h3-8,10,12H,9,17H2,1-2H3,(H,19,20). The summed E-state index contributed by atoms with van der Waals surface area (Å²) in [4.78, 5) is 16.2. The van der Waals surface area contributed by atoms with Gasteiger partial charge in [-0.15, -0.1) is 0 Å². The van der Waals surface area contributed by atoms with Gasteiger partial charge in [-0.25, -0.2) is 0 Å². The Balaban J connectivity index is 1.97. The fourth-order valence-electron chi connectivity index (χ4n) is 1.80. The monoisotopic (exact) mass is 285 g/mol. The lowest BCUT2D eigenvalue weighted by molar-refractivity contribution is -0.122. The number of aromatic nitrogens is 1. The summed E-state index contributed by atoms with van der Waals surface area (Å²) >= 11 is 0. The van der Waals surface area contributed by atoms with E-state index in [1.54, 1.807) is 19.2 Å². The number of pyridine rings is 1. The summed E-state index contributed by atoms with van der Waals surface area (Å²) < 4.78 is 5.56. The number of ether oxygens (including phenoxy) is 1. The van der Waals surface area contributed by atoms with Crippen LogP contribution in [0.15, 0.2) is 42.6 Å². The molecule has 3 N–H and O–H groups in total. The quantitative estimate of drug-likeness (QED) is 0.883. The summed E-state index contributed by atoms with van der Waals surface area (Å²) in [7, 11) is 0. The Bertz CT molecular complexity index is 611. The lowest BCUT2D eigenvalue weighted by atomic mass is 10.2. The van der Waals surface area contributed by atoms with Crippen molar-refractivity contribution in [2.24, 2.45) is 5.73 Å². The van der Waals surface area contributed by atoms with Crippen molar-refractivity contribution in [1.82, 2.24) is 4.98 Å². The SMILES string of the molecule is Cc1ccc(OC(C)C(=O)Nc2cccc(CN)c2)cn1. The van der Waals surface area contributed by atoms with Gasteiger partial charge in [0.2, 0.25) is 0 Å². The van der Waals surface area contributed by atoms with E-state index in [-0.39, 0.29) is 5.91 Å². The third-order valence-corrected chi connectivity index (χ3v) is 3.00. The molecule has 1 aromatic heterocycles. The second kappa shape index (κ2) is 6.85. The molecule has 1 aromatic carbocycles. The van der Waals surface area contributed by atoms with Gasteiger partial charge in [-0.05, 0) is 43.7 Å². The van der Waals surface area contributed by atoms with E-state index in [0.717, 1.165) is 11.3 Å². The molecule has 5 nitrogen and oxygen atoms in total. The van der Waals surface area contributed by atoms with E-state index in [2.05, 4.69) is 10.3 Å². The Morgan fingerprint density at radius 1 is 1.38 bits per heavy atom. The molecule has 1 unspecified atom stereocenters. The lowest BCUT2D eigenvalue weighted by Crippen LogP contribution is -2.30. The zero-order chi connectivity index (χ0) is 15.2. The van der Waals surface area contributed by atoms with Crippen LogP contribution in [0.3, 0.4) is 0 Å². The second-order valence-corrected chi connectivity index (χ2v) is 4.79. The van der Waals surface area contributed by atoms with E-state index in [1.807, 2.05) is 37.3 Å². The maximum atomic E-state index is 12.1. The number of nitrogens with zero attached hydrogens (tertiary/aromatic N) is 1. The number of hydrogen-bond acceptors (Lipinski definition) is 4. The minimum Gasteiger partial charge on any atom is -0.479 e. The van der Waals surface area contributed by atoms with Crippen molar-refractivity contribution < 1.29 is 9.53 Å². The van der Waals surface area contributed by atoms with E-state index in [1.165, 1.54) is 0 Å². The molecule has 1 heterocycles. The Kier molecular flexibility index (Phi) is 4.90. The number of benzene rings is 1. The molecule has 0 bridgehead atoms. The molecule has 0 aliphatic rings. The molecular formula is C16H19N3O2. The van der Waals surface area contributed by atoms with Crippen LogP contribution in [-0.2, 0) is 11.3 Å². The second-order valence-electron chi connectivity index (χ2n) is 4.79. The normalized spacial score (nSPS) is 11.8. The summed E-state index contributed by atoms with van der Waals surface area (Å²) in [6, 6.07) is 11.1. The van der Waals surface area contributed by atoms with E-state index >= 15 is 0 Å². The number of carbonyl (C=O) groups excluding carboxylic acids is 1. The highest BCUT2D eigenvalue weighted by molar-refractivity contribution is 5.94. The van der Waals surface area contributed by atoms with Gasteiger partial charge in [0.15, 0.2) is 6.10 Å². The smallest absolute Gasteiger partial charge is 0.265 e. The van der Waals surface area contributed by atoms with Gasteiger partial charge >= 0.3 is 0 Å². The average Bonchev–Trinajstić information content (AvgIpc) is 2.49. The molecule has 5 heteroatoms. The third kappa shape index (κ3) is 4.29. The molecule has 2 rings (SSSR count). The van der Waals surface area contributed by atoms with Crippen molar-refractivity contribution >= 4 is 11.6 Å². The summed E-state index contributed by atoms with van der Waals surface area (Å²) in [6.45, 7) is 4.02. The van der Waals surface area contributed by atoms with Gasteiger partial charge in [0.25, 0.3) is 5.91 Å². The fourth-order valence-corrected chi connectivity index (χ4v) is 1.80. The van der Waals surface area contributed by atoms with Crippen LogP contribution < -0.4 is 15.8 Å². The van der Waals surface area contributed by atoms with E-state index in [4.69, 9.17) is 10.5 Å². The van der Waals surface area contributed by atoms with Crippen LogP contribution in [0, 0.1) is 6.92 Å². The van der Waals surface area contributed by atoms with Gasteiger partial charge in [-0.2, -0.15) is 0 Å². The van der Waals surface area contributed by atoms with Crippen molar-refractivity contribution in [1.29, 1.82) is 0 Å². The van der Waals surface area contributed by atoms with Crippen molar-refractivity contribution in [3.63, 3.8) is 0 Å². The predicted octanol–water partition coefficient (Wildman–Crippen LogP) is 2.25. The van der Waals surface area contributed by atoms with Crippen molar-refractivity contribution in [3.05, 3.63) is 53.9 Å². The maximum Gasteiger partial charge on any atom is 0.265 e. The molecule has 0 spiro atoms. The molecular weight excluding hydrogens is 266 g/mol. The van der Waals surface area contributed by atoms with E-state index in [9.17, 15) is 4.79 Å². The first kappa shape index (κ1) is 15.0. The van der Waals surface area contributed by atoms with Crippen LogP contribution in [0.2, 0.25) is 0 Å². The van der Waals surface area contributed by atoms with Crippen LogP contribution in [0.25, 0.3) is 0 Å². The van der Waals surface area contributed by atoms with Gasteiger partial charge in [0.05, 0.1) is 6.20 Å². The minimum absolute atomic E-state index is 0.218. The Labute approximate surface area is 124 Å². The summed E-state index contributed by atoms with van der Waals surface area (Å²) in [5.41, 5.74) is 8.15. The fraction of sp³-hybridized carbons (Fsp3) is 0.250. The number of carbonyl (C=O) groups is 1. The van der Waals surface area contributed by atoms with Gasteiger partial charge in [0, 0.05) is 17.9 Å². The van der Waals surface area contributed by atoms with Crippen LogP contribution in [0.5, 0.6) is 5.75 Å². The van der Waals surface area contributed by atoms with Crippen LogP contribution >= 0.6 is 0 Å². The maximum absolute atomic E-state index is 12.1. The summed E-state index contributed by atoms with van der Waals surface area (Å²) in [5.74, 6) is 0.351. The van der Waals surface area contributed by atoms with Crippen LogP contribution in [-0.4, -0.2) is 17.0 Å². The first-order valence-electron chi connectivity index (χ1n) is 6.77. The van der Waals surface area contributed by atoms with E-state index in [0.29, 0.717) is 18.0 Å². The van der Waals surface area contributed by atoms with Gasteiger partial charge in [0.1, 0.15) is 5.75 Å². The Morgan fingerprint density at radius 2 is 2.19 bits per heavy atom. The molecule has 0 saturated carbocycles. The largest absolute Gasteiger partial charge is 0.479 e. The molecule has 2 aromatic rings. The average molecular weight is 285 g/mol. The number of nitrogens with two attached hydrogens (primary N) is 1. The summed E-state index contributed by atoms with van der Waals surface area (Å²) in [6.07, 6.45) is 0.991. The van der Waals surface area contributed by atoms with Gasteiger partial charge in [-0.3, -0.25) is 9.78 Å². The van der Waals surface area contributed by atoms with Gasteiger partial charge in [-0.1, -0.05) is 12.1 Å². The number of rotatable bonds is 5. The molecule has 110 valence electrons. The molecule has 1 amide bonds. The Morgan fingerprint density at radius 3 is 2.86 bits per heavy atom. The van der Waals surface area contributed by atoms with Crippen LogP contribution in [0.4, 0.5) is 5.69 Å². The Hall–Kier alpha value is -2.40. The zero-order valence-corrected chi connectivity index (χ0v) is 12.2. The minimum atomic E-state index is -0.615. The molecule has 0 radical (unpaired) electrons. The summed E-state index contributed by atoms with van der Waals surface area (Å²) in [5, 5.41) is 2.81. The number of hydrogen-bond donors (Lipinski definition) is 2. The topological polar surface area (TPSA) is 77.2 Å². The molecule has 0 aliphatic carbocycles. The van der Waals surface area contributed by atoms with E-state index < -0.39 is 6.10 Å². The van der Waals surface area contributed by atoms with Crippen molar-refractivity contribution in [3.8, 4) is 5.75 Å². The molecule has 1 atom stereocenters. The highest BCUT2D eigenvalue weighted by Gasteiger charge is 2.15. The molecule has 0 saturated heterocycles. The molecule has 0 fully saturated rings. The van der Waals surface area contributed by atoms with Crippen LogP contribution in [0.1, 0.15) is 18.2 Å². The number of nitrogens with one attached hydrogen (secondary N) is 1. The third-order valence-electron chi connectivity index (χ3n) is 3.00. The highest BCUT2D eigenvalue weighted by Crippen LogP contribution is 2.14. The zero-order valence-electron chi connectivity index (χ0n) is 12.2. The number of aryl methyl sites for hydroxylation is 1. The van der Waals surface area contributed by atoms with Gasteiger partial charge < -0.3 is 15.8 Å². The number of amides is 1. The van der Waals surface area contributed by atoms with Crippen molar-refractivity contribution in [2.75, 3.05) is 5.32 Å². The predicted molar refractivity (Wildman–Crippen MR) is 82.0 cm³/mol.